The Balaban J connectivity index is 1.16. The van der Waals surface area contributed by atoms with Gasteiger partial charge >= 0.3 is 0 Å². The maximum Gasteiger partial charge on any atom is 0.271 e. The molecule has 1 atom stereocenters. The molecule has 5 rings (SSSR count). The molecule has 3 aliphatic rings. The van der Waals surface area contributed by atoms with Gasteiger partial charge in [0.1, 0.15) is 11.5 Å². The van der Waals surface area contributed by atoms with Gasteiger partial charge in [-0.3, -0.25) is 14.6 Å². The van der Waals surface area contributed by atoms with Crippen LogP contribution in [0.4, 0.5) is 5.82 Å². The summed E-state index contributed by atoms with van der Waals surface area (Å²) in [5.74, 6) is 0.832. The Labute approximate surface area is 209 Å². The van der Waals surface area contributed by atoms with Crippen LogP contribution in [0.2, 0.25) is 0 Å². The lowest BCUT2D eigenvalue weighted by Gasteiger charge is -2.47. The summed E-state index contributed by atoms with van der Waals surface area (Å²) < 4.78 is 0. The molecule has 3 fully saturated rings. The minimum absolute atomic E-state index is 0.0976. The Bertz CT molecular complexity index is 1010. The van der Waals surface area contributed by atoms with Crippen molar-refractivity contribution in [1.29, 1.82) is 0 Å². The van der Waals surface area contributed by atoms with Crippen LogP contribution in [0.3, 0.4) is 0 Å². The van der Waals surface area contributed by atoms with Crippen LogP contribution in [0.1, 0.15) is 66.3 Å². The first-order valence-corrected chi connectivity index (χ1v) is 13.4. The van der Waals surface area contributed by atoms with Gasteiger partial charge < -0.3 is 10.2 Å². The molecule has 0 radical (unpaired) electrons. The predicted octanol–water partition coefficient (Wildman–Crippen LogP) is 3.55. The molecule has 2 aliphatic heterocycles. The highest BCUT2D eigenvalue weighted by Gasteiger charge is 2.34. The van der Waals surface area contributed by atoms with E-state index in [1.165, 1.54) is 37.1 Å². The first kappa shape index (κ1) is 24.2. The van der Waals surface area contributed by atoms with Gasteiger partial charge in [-0.15, -0.1) is 0 Å². The van der Waals surface area contributed by atoms with Crippen LogP contribution < -0.4 is 10.2 Å². The zero-order valence-corrected chi connectivity index (χ0v) is 21.5. The smallest absolute Gasteiger partial charge is 0.271 e. The van der Waals surface area contributed by atoms with Crippen molar-refractivity contribution < 1.29 is 4.79 Å². The fourth-order valence-electron chi connectivity index (χ4n) is 5.65. The van der Waals surface area contributed by atoms with Crippen molar-refractivity contribution in [3.8, 4) is 0 Å². The molecule has 2 aromatic rings. The number of aromatic nitrogens is 2. The maximum absolute atomic E-state index is 12.4. The predicted molar refractivity (Wildman–Crippen MR) is 140 cm³/mol. The van der Waals surface area contributed by atoms with Crippen molar-refractivity contribution >= 4 is 11.7 Å². The Morgan fingerprint density at radius 2 is 1.77 bits per heavy atom. The molecule has 1 aliphatic carbocycles. The number of aryl methyl sites for hydroxylation is 2. The quantitative estimate of drug-likeness (QED) is 0.659. The molecule has 2 saturated heterocycles. The molecule has 7 heteroatoms. The molecule has 0 unspecified atom stereocenters. The lowest BCUT2D eigenvalue weighted by Crippen LogP contribution is -2.58. The van der Waals surface area contributed by atoms with Crippen LogP contribution in [0.5, 0.6) is 0 Å². The van der Waals surface area contributed by atoms with Crippen LogP contribution in [0.15, 0.2) is 30.5 Å². The second-order valence-corrected chi connectivity index (χ2v) is 10.7. The van der Waals surface area contributed by atoms with Crippen molar-refractivity contribution in [2.45, 2.75) is 77.5 Å². The highest BCUT2D eigenvalue weighted by atomic mass is 16.2. The molecule has 1 aromatic carbocycles. The monoisotopic (exact) mass is 476 g/mol. The normalized spacial score (nSPS) is 22.4. The number of anilines is 1. The molecule has 1 amide bonds. The topological polar surface area (TPSA) is 64.6 Å². The number of piperazine rings is 1. The summed E-state index contributed by atoms with van der Waals surface area (Å²) in [7, 11) is 0. The van der Waals surface area contributed by atoms with E-state index in [0.717, 1.165) is 57.0 Å². The fraction of sp³-hybridized carbons (Fsp3) is 0.607. The molecule has 3 heterocycles. The average molecular weight is 477 g/mol. The Kier molecular flexibility index (Phi) is 7.35. The molecular formula is C28H40N6O. The van der Waals surface area contributed by atoms with E-state index in [1.807, 2.05) is 6.92 Å². The van der Waals surface area contributed by atoms with E-state index in [0.29, 0.717) is 23.8 Å². The molecule has 1 aromatic heterocycles. The standard InChI is InChI=1S/C28H40N6O/c1-4-24-19-33(27-21(3)30-26(17-29-27)28(35)31-23-9-10-23)15-16-34(24)25-11-13-32(14-12-25)18-22-7-5-20(2)6-8-22/h5-8,17,23-25H,4,9-16,18-19H2,1-3H3,(H,31,35)/t24-/m0/s1. The van der Waals surface area contributed by atoms with Crippen LogP contribution in [-0.2, 0) is 6.54 Å². The van der Waals surface area contributed by atoms with E-state index < -0.39 is 0 Å². The minimum atomic E-state index is -0.0976. The first-order valence-electron chi connectivity index (χ1n) is 13.4. The van der Waals surface area contributed by atoms with Gasteiger partial charge in [-0.25, -0.2) is 9.97 Å². The van der Waals surface area contributed by atoms with E-state index in [9.17, 15) is 4.79 Å². The number of rotatable bonds is 7. The molecular weight excluding hydrogens is 436 g/mol. The number of carbonyl (C=O) groups is 1. The number of likely N-dealkylation sites (tertiary alicyclic amines) is 1. The van der Waals surface area contributed by atoms with E-state index in [1.54, 1.807) is 6.20 Å². The molecule has 7 nitrogen and oxygen atoms in total. The van der Waals surface area contributed by atoms with Gasteiger partial charge in [0.25, 0.3) is 5.91 Å². The largest absolute Gasteiger partial charge is 0.352 e. The summed E-state index contributed by atoms with van der Waals surface area (Å²) in [5, 5.41) is 3.01. The third-order valence-corrected chi connectivity index (χ3v) is 7.92. The van der Waals surface area contributed by atoms with Crippen molar-refractivity contribution in [2.24, 2.45) is 0 Å². The number of benzene rings is 1. The Morgan fingerprint density at radius 1 is 1.03 bits per heavy atom. The first-order chi connectivity index (χ1) is 17.0. The second kappa shape index (κ2) is 10.6. The summed E-state index contributed by atoms with van der Waals surface area (Å²) in [5.41, 5.74) is 4.03. The van der Waals surface area contributed by atoms with Crippen molar-refractivity contribution in [3.63, 3.8) is 0 Å². The van der Waals surface area contributed by atoms with E-state index in [2.05, 4.69) is 68.1 Å². The summed E-state index contributed by atoms with van der Waals surface area (Å²) in [6, 6.07) is 10.5. The van der Waals surface area contributed by atoms with Crippen LogP contribution >= 0.6 is 0 Å². The summed E-state index contributed by atoms with van der Waals surface area (Å²) in [6.45, 7) is 12.8. The maximum atomic E-state index is 12.4. The van der Waals surface area contributed by atoms with Gasteiger partial charge in [-0.1, -0.05) is 36.8 Å². The highest BCUT2D eigenvalue weighted by molar-refractivity contribution is 5.92. The second-order valence-electron chi connectivity index (χ2n) is 10.7. The van der Waals surface area contributed by atoms with Gasteiger partial charge in [-0.05, 0) is 64.6 Å². The number of nitrogens with zero attached hydrogens (tertiary/aromatic N) is 5. The fourth-order valence-corrected chi connectivity index (χ4v) is 5.65. The summed E-state index contributed by atoms with van der Waals surface area (Å²) in [4.78, 5) is 29.4. The van der Waals surface area contributed by atoms with Gasteiger partial charge in [0.05, 0.1) is 11.9 Å². The molecule has 1 saturated carbocycles. The van der Waals surface area contributed by atoms with Gasteiger partial charge in [0, 0.05) is 44.3 Å². The SMILES string of the molecule is CC[C@H]1CN(c2ncc(C(=O)NC3CC3)nc2C)CCN1C1CCN(Cc2ccc(C)cc2)CC1. The zero-order chi connectivity index (χ0) is 24.4. The minimum Gasteiger partial charge on any atom is -0.352 e. The Morgan fingerprint density at radius 3 is 2.43 bits per heavy atom. The van der Waals surface area contributed by atoms with Crippen LogP contribution in [-0.4, -0.2) is 76.5 Å². The molecule has 188 valence electrons. The number of amides is 1. The van der Waals surface area contributed by atoms with Crippen molar-refractivity contribution in [3.05, 3.63) is 53.0 Å². The number of hydrogen-bond acceptors (Lipinski definition) is 6. The lowest BCUT2D eigenvalue weighted by molar-refractivity contribution is 0.0610. The van der Waals surface area contributed by atoms with Crippen LogP contribution in [0.25, 0.3) is 0 Å². The van der Waals surface area contributed by atoms with Gasteiger partial charge in [-0.2, -0.15) is 0 Å². The van der Waals surface area contributed by atoms with Crippen molar-refractivity contribution in [1.82, 2.24) is 25.1 Å². The zero-order valence-electron chi connectivity index (χ0n) is 21.5. The summed E-state index contributed by atoms with van der Waals surface area (Å²) in [6.07, 6.45) is 7.42. The number of nitrogens with one attached hydrogen (secondary N) is 1. The third kappa shape index (κ3) is 5.84. The third-order valence-electron chi connectivity index (χ3n) is 7.92. The number of hydrogen-bond donors (Lipinski definition) is 1. The van der Waals surface area contributed by atoms with E-state index in [-0.39, 0.29) is 5.91 Å². The van der Waals surface area contributed by atoms with Crippen LogP contribution in [0, 0.1) is 13.8 Å². The molecule has 35 heavy (non-hydrogen) atoms. The number of piperidine rings is 1. The van der Waals surface area contributed by atoms with E-state index in [4.69, 9.17) is 0 Å². The van der Waals surface area contributed by atoms with Gasteiger partial charge in [0.2, 0.25) is 0 Å². The van der Waals surface area contributed by atoms with E-state index >= 15 is 0 Å². The average Bonchev–Trinajstić information content (AvgIpc) is 3.69. The van der Waals surface area contributed by atoms with Crippen molar-refractivity contribution in [2.75, 3.05) is 37.6 Å². The lowest BCUT2D eigenvalue weighted by atomic mass is 9.97. The highest BCUT2D eigenvalue weighted by Crippen LogP contribution is 2.27. The molecule has 0 bridgehead atoms. The Hall–Kier alpha value is -2.51. The molecule has 1 N–H and O–H groups in total. The molecule has 0 spiro atoms. The van der Waals surface area contributed by atoms with Gasteiger partial charge in [0.15, 0.2) is 0 Å². The number of carbonyl (C=O) groups excluding carboxylic acids is 1. The summed E-state index contributed by atoms with van der Waals surface area (Å²) >= 11 is 0.